The first-order chi connectivity index (χ1) is 25.5. The van der Waals surface area contributed by atoms with Gasteiger partial charge in [-0.15, -0.1) is 0 Å². The first kappa shape index (κ1) is 35.0. The molecule has 0 atom stereocenters. The van der Waals surface area contributed by atoms with E-state index in [4.69, 9.17) is 26.1 Å². The van der Waals surface area contributed by atoms with Crippen LogP contribution in [0.5, 0.6) is 11.6 Å². The first-order valence-electron chi connectivity index (χ1n) is 17.9. The highest BCUT2D eigenvalue weighted by Crippen LogP contribution is 2.44. The number of likely N-dealkylation sites (tertiary alicyclic amines) is 4. The van der Waals surface area contributed by atoms with Crippen LogP contribution in [0.2, 0.25) is 5.02 Å². The lowest BCUT2D eigenvalue weighted by Crippen LogP contribution is -2.72. The van der Waals surface area contributed by atoms with E-state index in [1.54, 1.807) is 34.3 Å². The predicted octanol–water partition coefficient (Wildman–Crippen LogP) is 5.35. The van der Waals surface area contributed by atoms with E-state index in [9.17, 15) is 14.9 Å². The fraction of sp³-hybridized carbons (Fsp3) is 0.390. The zero-order valence-corrected chi connectivity index (χ0v) is 31.2. The van der Waals surface area contributed by atoms with Crippen LogP contribution < -0.4 is 9.47 Å². The molecule has 0 radical (unpaired) electrons. The second kappa shape index (κ2) is 13.4. The molecule has 12 heteroatoms. The van der Waals surface area contributed by atoms with E-state index in [1.807, 2.05) is 58.3 Å². The Kier molecular flexibility index (Phi) is 8.88. The Morgan fingerprint density at radius 3 is 1.98 bits per heavy atom. The van der Waals surface area contributed by atoms with Gasteiger partial charge in [-0.25, -0.2) is 4.98 Å². The molecule has 272 valence electrons. The minimum Gasteiger partial charge on any atom is -0.496 e. The lowest BCUT2D eigenvalue weighted by Gasteiger charge is -2.60. The summed E-state index contributed by atoms with van der Waals surface area (Å²) in [5.41, 5.74) is 7.05. The van der Waals surface area contributed by atoms with E-state index < -0.39 is 0 Å². The molecule has 4 aliphatic rings. The maximum atomic E-state index is 11.7. The molecule has 11 nitrogen and oxygen atoms in total. The van der Waals surface area contributed by atoms with Crippen LogP contribution in [0.4, 0.5) is 0 Å². The fourth-order valence-corrected chi connectivity index (χ4v) is 9.11. The van der Waals surface area contributed by atoms with Crippen molar-refractivity contribution in [1.82, 2.24) is 29.6 Å². The number of hydrogen-bond acceptors (Lipinski definition) is 9. The molecule has 2 aromatic carbocycles. The summed E-state index contributed by atoms with van der Waals surface area (Å²) >= 11 is 7.13. The fourth-order valence-electron chi connectivity index (χ4n) is 8.78. The monoisotopic (exact) mass is 731 g/mol. The van der Waals surface area contributed by atoms with Crippen molar-refractivity contribution < 1.29 is 19.1 Å². The number of rotatable bonds is 9. The highest BCUT2D eigenvalue weighted by atomic mass is 35.5. The average molecular weight is 732 g/mol. The highest BCUT2D eigenvalue weighted by Gasteiger charge is 2.53. The number of halogens is 1. The van der Waals surface area contributed by atoms with Gasteiger partial charge in [-0.2, -0.15) is 5.26 Å². The third kappa shape index (κ3) is 6.28. The minimum absolute atomic E-state index is 0.138. The van der Waals surface area contributed by atoms with Gasteiger partial charge >= 0.3 is 0 Å². The van der Waals surface area contributed by atoms with Gasteiger partial charge in [0.05, 0.1) is 36.2 Å². The van der Waals surface area contributed by atoms with Crippen molar-refractivity contribution in [3.63, 3.8) is 0 Å². The standard InChI is InChI=1S/C41H42ClN7O4/c1-26(50)48-22-40(23-48)18-46(19-40)16-29-9-8-28(14-36(29)52-3)38-37(42)33(12-13-44-38)31-6-5-7-32(34(31)15-43)35-11-10-30(39(45-35)53-4)17-47-20-41(21-47)24-49(25-41)27(2)51/h5-14H,16-25H2,1-4H3. The van der Waals surface area contributed by atoms with Gasteiger partial charge in [0.25, 0.3) is 0 Å². The average Bonchev–Trinajstić information content (AvgIpc) is 3.08. The molecule has 2 amide bonds. The molecule has 0 saturated carbocycles. The number of methoxy groups -OCH3 is 2. The van der Waals surface area contributed by atoms with E-state index in [2.05, 4.69) is 26.9 Å². The maximum Gasteiger partial charge on any atom is 0.219 e. The third-order valence-electron chi connectivity index (χ3n) is 11.3. The Hall–Kier alpha value is -5.02. The van der Waals surface area contributed by atoms with Crippen molar-refractivity contribution >= 4 is 23.4 Å². The molecule has 0 bridgehead atoms. The summed E-state index contributed by atoms with van der Waals surface area (Å²) in [6.07, 6.45) is 1.71. The zero-order chi connectivity index (χ0) is 37.1. The van der Waals surface area contributed by atoms with Gasteiger partial charge in [-0.3, -0.25) is 24.4 Å². The van der Waals surface area contributed by atoms with Crippen molar-refractivity contribution in [2.75, 3.05) is 66.6 Å². The number of aromatic nitrogens is 2. The van der Waals surface area contributed by atoms with Gasteiger partial charge in [-0.05, 0) is 18.2 Å². The smallest absolute Gasteiger partial charge is 0.219 e. The Morgan fingerprint density at radius 2 is 1.40 bits per heavy atom. The quantitative estimate of drug-likeness (QED) is 0.225. The van der Waals surface area contributed by atoms with Crippen molar-refractivity contribution in [2.24, 2.45) is 10.8 Å². The number of nitriles is 1. The Bertz CT molecular complexity index is 2160. The molecule has 4 fully saturated rings. The molecule has 0 aliphatic carbocycles. The topological polar surface area (TPSA) is 115 Å². The molecule has 2 aromatic heterocycles. The number of carbonyl (C=O) groups excluding carboxylic acids is 2. The van der Waals surface area contributed by atoms with Crippen LogP contribution in [-0.2, 0) is 22.7 Å². The van der Waals surface area contributed by atoms with Crippen LogP contribution >= 0.6 is 11.6 Å². The number of nitrogens with zero attached hydrogens (tertiary/aromatic N) is 7. The Labute approximate surface area is 314 Å². The summed E-state index contributed by atoms with van der Waals surface area (Å²) in [7, 11) is 3.28. The molecular formula is C41H42ClN7O4. The van der Waals surface area contributed by atoms with Crippen LogP contribution in [0.1, 0.15) is 30.5 Å². The summed E-state index contributed by atoms with van der Waals surface area (Å²) in [5.74, 6) is 1.56. The Morgan fingerprint density at radius 1 is 0.792 bits per heavy atom. The first-order valence-corrected chi connectivity index (χ1v) is 18.3. The van der Waals surface area contributed by atoms with Gasteiger partial charge in [0, 0.05) is 130 Å². The van der Waals surface area contributed by atoms with E-state index >= 15 is 0 Å². The number of hydrogen-bond donors (Lipinski definition) is 0. The van der Waals surface area contributed by atoms with Gasteiger partial charge < -0.3 is 19.3 Å². The molecule has 0 unspecified atom stereocenters. The van der Waals surface area contributed by atoms with Crippen molar-refractivity contribution in [3.8, 4) is 51.3 Å². The summed E-state index contributed by atoms with van der Waals surface area (Å²) < 4.78 is 11.6. The summed E-state index contributed by atoms with van der Waals surface area (Å²) in [5, 5.41) is 11.0. The van der Waals surface area contributed by atoms with Gasteiger partial charge in [-0.1, -0.05) is 48.0 Å². The zero-order valence-electron chi connectivity index (χ0n) is 30.5. The molecule has 8 rings (SSSR count). The molecule has 2 spiro atoms. The molecule has 53 heavy (non-hydrogen) atoms. The van der Waals surface area contributed by atoms with Crippen LogP contribution in [-0.4, -0.2) is 108 Å². The normalized spacial score (nSPS) is 18.4. The molecule has 6 heterocycles. The summed E-state index contributed by atoms with van der Waals surface area (Å²) in [6.45, 7) is 11.9. The summed E-state index contributed by atoms with van der Waals surface area (Å²) in [6, 6.07) is 20.0. The SMILES string of the molecule is COc1cc(-c2nccc(-c3cccc(-c4ccc(CN5CC6(C5)CN(C(C)=O)C6)c(OC)n4)c3C#N)c2Cl)ccc1CN1CC2(C1)CN(C(C)=O)C2. The minimum atomic E-state index is 0.138. The van der Waals surface area contributed by atoms with Gasteiger partial charge in [0.2, 0.25) is 17.7 Å². The van der Waals surface area contributed by atoms with Gasteiger partial charge in [0.1, 0.15) is 11.8 Å². The number of pyridine rings is 2. The van der Waals surface area contributed by atoms with Crippen LogP contribution in [0.3, 0.4) is 0 Å². The molecule has 4 saturated heterocycles. The van der Waals surface area contributed by atoms with Crippen LogP contribution in [0, 0.1) is 22.2 Å². The molecular weight excluding hydrogens is 690 g/mol. The maximum absolute atomic E-state index is 11.7. The van der Waals surface area contributed by atoms with Crippen LogP contribution in [0.15, 0.2) is 60.8 Å². The number of amides is 2. The highest BCUT2D eigenvalue weighted by molar-refractivity contribution is 6.35. The van der Waals surface area contributed by atoms with E-state index in [1.165, 1.54) is 0 Å². The number of benzene rings is 2. The van der Waals surface area contributed by atoms with Crippen molar-refractivity contribution in [1.29, 1.82) is 5.26 Å². The van der Waals surface area contributed by atoms with Crippen molar-refractivity contribution in [2.45, 2.75) is 26.9 Å². The van der Waals surface area contributed by atoms with E-state index in [0.29, 0.717) is 51.1 Å². The Balaban J connectivity index is 1.00. The molecule has 0 N–H and O–H groups in total. The second-order valence-electron chi connectivity index (χ2n) is 15.3. The lowest BCUT2D eigenvalue weighted by atomic mass is 9.72. The number of ether oxygens (including phenoxy) is 2. The predicted molar refractivity (Wildman–Crippen MR) is 201 cm³/mol. The van der Waals surface area contributed by atoms with Crippen LogP contribution in [0.25, 0.3) is 33.6 Å². The second-order valence-corrected chi connectivity index (χ2v) is 15.7. The molecule has 4 aromatic rings. The molecule has 4 aliphatic heterocycles. The lowest BCUT2D eigenvalue weighted by molar-refractivity contribution is -0.158. The summed E-state index contributed by atoms with van der Waals surface area (Å²) in [4.78, 5) is 41.4. The van der Waals surface area contributed by atoms with E-state index in [-0.39, 0.29) is 22.6 Å². The number of carbonyl (C=O) groups is 2. The third-order valence-corrected chi connectivity index (χ3v) is 11.7. The van der Waals surface area contributed by atoms with E-state index in [0.717, 1.165) is 81.3 Å². The van der Waals surface area contributed by atoms with Gasteiger partial charge in [0.15, 0.2) is 0 Å². The van der Waals surface area contributed by atoms with Crippen molar-refractivity contribution in [3.05, 3.63) is 82.5 Å². The largest absolute Gasteiger partial charge is 0.496 e.